The van der Waals surface area contributed by atoms with Crippen molar-refractivity contribution in [1.29, 1.82) is 0 Å². The number of aromatic nitrogens is 2. The van der Waals surface area contributed by atoms with Crippen LogP contribution in [0, 0.1) is 0 Å². The van der Waals surface area contributed by atoms with Crippen LogP contribution in [0.1, 0.15) is 16.8 Å². The zero-order chi connectivity index (χ0) is 25.8. The Balaban J connectivity index is 1.45. The highest BCUT2D eigenvalue weighted by Gasteiger charge is 2.25. The first kappa shape index (κ1) is 26.6. The van der Waals surface area contributed by atoms with Crippen LogP contribution in [0.5, 0.6) is 5.75 Å². The van der Waals surface area contributed by atoms with Crippen LogP contribution >= 0.6 is 34.8 Å². The predicted molar refractivity (Wildman–Crippen MR) is 136 cm³/mol. The molecule has 1 aliphatic rings. The number of fused-ring (bicyclic) bond motifs is 1. The molecule has 4 rings (SSSR count). The van der Waals surface area contributed by atoms with Crippen LogP contribution in [0.4, 0.5) is 9.18 Å². The topological polar surface area (TPSA) is 100 Å². The number of amides is 2. The molecule has 1 atom stereocenters. The average molecular weight is 574 g/mol. The number of methoxy groups -OCH3 is 1. The number of hydrogen-bond acceptors (Lipinski definition) is 5. The van der Waals surface area contributed by atoms with Crippen molar-refractivity contribution in [3.05, 3.63) is 80.3 Å². The summed E-state index contributed by atoms with van der Waals surface area (Å²) in [5, 5.41) is 7.95. The summed E-state index contributed by atoms with van der Waals surface area (Å²) in [5.74, 6) is -0.212. The standard InChI is InChI=1S/C23H20Cl3FN4O4S/c1-34-21-5-4-16(7-19(21)26)36(33)30-23(32)28-9-20(27)17-12-35-11-14-8-29-31(22(14)17)10-13-2-3-15(24)6-18(13)25/h2-8H,9-12H2,1H3,(H2,28,30,32)/b20-17-. The number of rotatable bonds is 7. The molecule has 3 aromatic rings. The third-order valence-electron chi connectivity index (χ3n) is 5.29. The van der Waals surface area contributed by atoms with Crippen molar-refractivity contribution in [1.82, 2.24) is 19.8 Å². The highest BCUT2D eigenvalue weighted by molar-refractivity contribution is 7.90. The van der Waals surface area contributed by atoms with Crippen LogP contribution in [0.25, 0.3) is 5.57 Å². The molecule has 36 heavy (non-hydrogen) atoms. The van der Waals surface area contributed by atoms with Gasteiger partial charge in [0, 0.05) is 27.2 Å². The summed E-state index contributed by atoms with van der Waals surface area (Å²) in [6.07, 6.45) is 1.61. The number of benzene rings is 2. The van der Waals surface area contributed by atoms with E-state index in [1.54, 1.807) is 29.1 Å². The van der Waals surface area contributed by atoms with E-state index in [2.05, 4.69) is 15.1 Å². The highest BCUT2D eigenvalue weighted by Crippen LogP contribution is 2.31. The van der Waals surface area contributed by atoms with Crippen LogP contribution in [-0.4, -0.2) is 40.6 Å². The van der Waals surface area contributed by atoms with Crippen LogP contribution < -0.4 is 14.8 Å². The molecule has 0 radical (unpaired) electrons. The quantitative estimate of drug-likeness (QED) is 0.382. The van der Waals surface area contributed by atoms with Crippen molar-refractivity contribution < 1.29 is 23.2 Å². The molecule has 0 spiro atoms. The number of carbonyl (C=O) groups is 1. The molecule has 8 nitrogen and oxygen atoms in total. The number of hydrogen-bond donors (Lipinski definition) is 2. The van der Waals surface area contributed by atoms with Crippen LogP contribution in [0.3, 0.4) is 0 Å². The van der Waals surface area contributed by atoms with Gasteiger partial charge in [-0.15, -0.1) is 4.72 Å². The summed E-state index contributed by atoms with van der Waals surface area (Å²) in [6, 6.07) is 8.73. The summed E-state index contributed by atoms with van der Waals surface area (Å²) in [5.41, 5.74) is 2.28. The minimum Gasteiger partial charge on any atom is -0.588 e. The first-order chi connectivity index (χ1) is 17.3. The van der Waals surface area contributed by atoms with E-state index < -0.39 is 29.8 Å². The molecule has 0 saturated heterocycles. The van der Waals surface area contributed by atoms with Crippen LogP contribution in [-0.2, 0) is 29.3 Å². The minimum atomic E-state index is -1.91. The predicted octanol–water partition coefficient (Wildman–Crippen LogP) is 5.13. The number of ether oxygens (including phenoxy) is 2. The van der Waals surface area contributed by atoms with Crippen LogP contribution in [0.2, 0.25) is 15.1 Å². The SMILES string of the molecule is COc1ccc([S+]([O-])NC(=O)NC/C(F)=C2\COCc3cnn(Cc4ccc(Cl)cc4Cl)c32)cc1Cl. The molecule has 2 N–H and O–H groups in total. The molecular formula is C23H20Cl3FN4O4S. The van der Waals surface area contributed by atoms with Gasteiger partial charge in [0.05, 0.1) is 50.3 Å². The maximum absolute atomic E-state index is 15.2. The van der Waals surface area contributed by atoms with Gasteiger partial charge in [0.1, 0.15) is 22.9 Å². The van der Waals surface area contributed by atoms with Crippen molar-refractivity contribution in [3.63, 3.8) is 0 Å². The molecule has 0 saturated carbocycles. The van der Waals surface area contributed by atoms with E-state index in [4.69, 9.17) is 44.3 Å². The molecule has 0 fully saturated rings. The fraction of sp³-hybridized carbons (Fsp3) is 0.217. The minimum absolute atomic E-state index is 0.00153. The van der Waals surface area contributed by atoms with Gasteiger partial charge in [-0.05, 0) is 29.8 Å². The normalized spacial score (nSPS) is 15.2. The lowest BCUT2D eigenvalue weighted by molar-refractivity contribution is 0.144. The number of halogens is 4. The van der Waals surface area contributed by atoms with Crippen LogP contribution in [0.15, 0.2) is 53.3 Å². The molecule has 13 heteroatoms. The number of nitrogens with zero attached hydrogens (tertiary/aromatic N) is 2. The first-order valence-electron chi connectivity index (χ1n) is 10.5. The molecule has 1 aromatic heterocycles. The van der Waals surface area contributed by atoms with Gasteiger partial charge in [-0.25, -0.2) is 9.18 Å². The highest BCUT2D eigenvalue weighted by atomic mass is 35.5. The monoisotopic (exact) mass is 572 g/mol. The first-order valence-corrected chi connectivity index (χ1v) is 12.8. The second-order valence-corrected chi connectivity index (χ2v) is 10.1. The van der Waals surface area contributed by atoms with E-state index in [9.17, 15) is 9.35 Å². The molecule has 2 amide bonds. The summed E-state index contributed by atoms with van der Waals surface area (Å²) in [7, 11) is 1.45. The summed E-state index contributed by atoms with van der Waals surface area (Å²) >= 11 is 16.4. The van der Waals surface area contributed by atoms with Crippen molar-refractivity contribution in [2.24, 2.45) is 0 Å². The Hall–Kier alpha value is -2.47. The van der Waals surface area contributed by atoms with Gasteiger partial charge in [-0.2, -0.15) is 5.10 Å². The van der Waals surface area contributed by atoms with E-state index >= 15 is 4.39 Å². The Bertz CT molecular complexity index is 1320. The Kier molecular flexibility index (Phi) is 8.66. The smallest absolute Gasteiger partial charge is 0.356 e. The molecular weight excluding hydrogens is 554 g/mol. The lowest BCUT2D eigenvalue weighted by atomic mass is 10.1. The van der Waals surface area contributed by atoms with E-state index in [1.165, 1.54) is 25.3 Å². The largest absolute Gasteiger partial charge is 0.588 e. The molecule has 1 aliphatic heterocycles. The van der Waals surface area contributed by atoms with Gasteiger partial charge < -0.3 is 19.3 Å². The number of carbonyl (C=O) groups excluding carboxylic acids is 1. The Labute approximate surface area is 224 Å². The second-order valence-electron chi connectivity index (χ2n) is 7.64. The summed E-state index contributed by atoms with van der Waals surface area (Å²) in [4.78, 5) is 12.5. The van der Waals surface area contributed by atoms with E-state index in [0.29, 0.717) is 33.6 Å². The maximum Gasteiger partial charge on any atom is 0.356 e. The van der Waals surface area contributed by atoms with E-state index in [0.717, 1.165) is 5.56 Å². The zero-order valence-corrected chi connectivity index (χ0v) is 21.9. The van der Waals surface area contributed by atoms with Crippen molar-refractivity contribution in [3.8, 4) is 5.75 Å². The van der Waals surface area contributed by atoms with Crippen molar-refractivity contribution >= 4 is 57.8 Å². The molecule has 2 aromatic carbocycles. The number of urea groups is 1. The lowest BCUT2D eigenvalue weighted by Gasteiger charge is -2.20. The summed E-state index contributed by atoms with van der Waals surface area (Å²) in [6.45, 7) is 0.118. The second kappa shape index (κ2) is 11.7. The maximum atomic E-state index is 15.2. The molecule has 0 aliphatic carbocycles. The van der Waals surface area contributed by atoms with Crippen molar-refractivity contribution in [2.75, 3.05) is 20.3 Å². The zero-order valence-electron chi connectivity index (χ0n) is 18.8. The van der Waals surface area contributed by atoms with Gasteiger partial charge in [-0.3, -0.25) is 4.68 Å². The Morgan fingerprint density at radius 3 is 2.75 bits per heavy atom. The Morgan fingerprint density at radius 2 is 2.03 bits per heavy atom. The number of nitrogens with one attached hydrogen (secondary N) is 2. The van der Waals surface area contributed by atoms with Gasteiger partial charge in [0.25, 0.3) is 0 Å². The lowest BCUT2D eigenvalue weighted by Crippen LogP contribution is -2.40. The third kappa shape index (κ3) is 6.08. The molecule has 190 valence electrons. The average Bonchev–Trinajstić information content (AvgIpc) is 3.27. The van der Waals surface area contributed by atoms with Gasteiger partial charge in [0.2, 0.25) is 0 Å². The fourth-order valence-electron chi connectivity index (χ4n) is 3.55. The molecule has 2 heterocycles. The van der Waals surface area contributed by atoms with Gasteiger partial charge >= 0.3 is 6.03 Å². The third-order valence-corrected chi connectivity index (χ3v) is 7.23. The van der Waals surface area contributed by atoms with E-state index in [-0.39, 0.29) is 28.7 Å². The fourth-order valence-corrected chi connectivity index (χ4v) is 5.12. The molecule has 0 bridgehead atoms. The Morgan fingerprint density at radius 1 is 1.22 bits per heavy atom. The van der Waals surface area contributed by atoms with Crippen molar-refractivity contribution in [2.45, 2.75) is 18.0 Å². The van der Waals surface area contributed by atoms with E-state index in [1.807, 2.05) is 0 Å². The van der Waals surface area contributed by atoms with Gasteiger partial charge in [0.15, 0.2) is 4.90 Å². The molecule has 1 unspecified atom stereocenters. The van der Waals surface area contributed by atoms with Gasteiger partial charge in [-0.1, -0.05) is 40.9 Å². The summed E-state index contributed by atoms with van der Waals surface area (Å²) < 4.78 is 42.1.